The van der Waals surface area contributed by atoms with Crippen LogP contribution in [0.25, 0.3) is 0 Å². The van der Waals surface area contributed by atoms with E-state index in [-0.39, 0.29) is 29.2 Å². The van der Waals surface area contributed by atoms with E-state index >= 15 is 0 Å². The molecule has 1 saturated carbocycles. The molecule has 6 rings (SSSR count). The fourth-order valence-electron chi connectivity index (χ4n) is 6.26. The third-order valence-electron chi connectivity index (χ3n) is 8.48. The molecule has 1 N–H and O–H groups in total. The van der Waals surface area contributed by atoms with Crippen molar-refractivity contribution in [3.8, 4) is 0 Å². The van der Waals surface area contributed by atoms with Gasteiger partial charge in [0.25, 0.3) is 10.0 Å². The number of carbonyl (C=O) groups is 1. The van der Waals surface area contributed by atoms with E-state index in [1.807, 2.05) is 60.7 Å². The number of hydrogen-bond donors (Lipinski definition) is 1. The molecule has 2 aliphatic carbocycles. The first kappa shape index (κ1) is 27.5. The lowest BCUT2D eigenvalue weighted by atomic mass is 9.72. The van der Waals surface area contributed by atoms with Gasteiger partial charge in [-0.1, -0.05) is 72.8 Å². The summed E-state index contributed by atoms with van der Waals surface area (Å²) in [6.07, 6.45) is 9.40. The van der Waals surface area contributed by atoms with E-state index in [2.05, 4.69) is 6.08 Å². The van der Waals surface area contributed by atoms with Crippen molar-refractivity contribution in [1.82, 2.24) is 0 Å². The minimum absolute atomic E-state index is 0.160. The smallest absolute Gasteiger partial charge is 0.317 e. The van der Waals surface area contributed by atoms with Crippen LogP contribution in [0.2, 0.25) is 0 Å². The van der Waals surface area contributed by atoms with Gasteiger partial charge in [-0.3, -0.25) is 9.10 Å². The van der Waals surface area contributed by atoms with Gasteiger partial charge in [0, 0.05) is 11.8 Å². The lowest BCUT2D eigenvalue weighted by Crippen LogP contribution is -2.46. The predicted molar refractivity (Wildman–Crippen MR) is 158 cm³/mol. The summed E-state index contributed by atoms with van der Waals surface area (Å²) in [6, 6.07) is 25.5. The van der Waals surface area contributed by atoms with E-state index in [0.717, 1.165) is 43.2 Å². The maximum absolute atomic E-state index is 14.0. The number of aliphatic hydroxyl groups excluding tert-OH is 1. The molecule has 0 radical (unpaired) electrons. The highest BCUT2D eigenvalue weighted by molar-refractivity contribution is 7.92. The van der Waals surface area contributed by atoms with Crippen LogP contribution in [0.3, 0.4) is 0 Å². The fraction of sp³-hybridized carbons (Fsp3) is 0.324. The Bertz CT molecular complexity index is 1550. The number of fused-ring (bicyclic) bond motifs is 1. The molecular formula is C34H35NO5S. The zero-order valence-corrected chi connectivity index (χ0v) is 23.7. The molecule has 7 heteroatoms. The Balaban J connectivity index is 1.39. The topological polar surface area (TPSA) is 83.9 Å². The molecule has 6 nitrogen and oxygen atoms in total. The maximum Gasteiger partial charge on any atom is 0.317 e. The number of esters is 1. The van der Waals surface area contributed by atoms with Crippen LogP contribution in [0.5, 0.6) is 0 Å². The van der Waals surface area contributed by atoms with Crippen molar-refractivity contribution in [1.29, 1.82) is 0 Å². The summed E-state index contributed by atoms with van der Waals surface area (Å²) < 4.78 is 35.3. The lowest BCUT2D eigenvalue weighted by molar-refractivity contribution is -0.160. The van der Waals surface area contributed by atoms with Crippen LogP contribution >= 0.6 is 0 Å². The van der Waals surface area contributed by atoms with Gasteiger partial charge < -0.3 is 9.84 Å². The van der Waals surface area contributed by atoms with Crippen LogP contribution in [-0.2, 0) is 26.1 Å². The SMILES string of the molecule is O=C1OC2=CC=CCCCC2C(O)C1C(c1cccc(N(Cc2ccccc2)S(=O)(=O)c2ccccc2)c1)C1CC1. The summed E-state index contributed by atoms with van der Waals surface area (Å²) in [5.74, 6) is -0.852. The Hall–Kier alpha value is -3.68. The number of carbonyl (C=O) groups excluding carboxylic acids is 1. The summed E-state index contributed by atoms with van der Waals surface area (Å²) in [4.78, 5) is 13.7. The number of anilines is 1. The van der Waals surface area contributed by atoms with Crippen LogP contribution in [0.4, 0.5) is 5.69 Å². The average molecular weight is 570 g/mol. The number of aliphatic hydroxyl groups is 1. The standard InChI is InChI=1S/C34H35NO5S/c36-33-29-18-9-1-2-10-19-30(29)40-34(37)32(33)31(25-20-21-25)26-14-11-15-27(22-26)35(23-24-12-5-3-6-13-24)41(38,39)28-16-7-4-8-17-28/h2-8,10-17,19,22,25,29,31-33,36H,1,9,18,20-21,23H2. The summed E-state index contributed by atoms with van der Waals surface area (Å²) >= 11 is 0. The highest BCUT2D eigenvalue weighted by Crippen LogP contribution is 2.51. The summed E-state index contributed by atoms with van der Waals surface area (Å²) in [7, 11) is -3.89. The molecule has 0 spiro atoms. The van der Waals surface area contributed by atoms with Crippen molar-refractivity contribution in [3.63, 3.8) is 0 Å². The molecule has 3 aromatic rings. The zero-order valence-electron chi connectivity index (χ0n) is 22.9. The number of benzene rings is 3. The van der Waals surface area contributed by atoms with Gasteiger partial charge in [-0.2, -0.15) is 0 Å². The van der Waals surface area contributed by atoms with Crippen molar-refractivity contribution >= 4 is 21.7 Å². The van der Waals surface area contributed by atoms with Crippen molar-refractivity contribution < 1.29 is 23.1 Å². The lowest BCUT2D eigenvalue weighted by Gasteiger charge is -2.39. The molecular weight excluding hydrogens is 534 g/mol. The first-order valence-corrected chi connectivity index (χ1v) is 15.9. The minimum atomic E-state index is -3.89. The predicted octanol–water partition coefficient (Wildman–Crippen LogP) is 6.35. The van der Waals surface area contributed by atoms with E-state index in [1.165, 1.54) is 4.31 Å². The molecule has 41 heavy (non-hydrogen) atoms. The normalized spacial score (nSPS) is 23.4. The Labute approximate surface area is 242 Å². The summed E-state index contributed by atoms with van der Waals surface area (Å²) in [6.45, 7) is 0.160. The number of hydrogen-bond acceptors (Lipinski definition) is 5. The van der Waals surface area contributed by atoms with Gasteiger partial charge >= 0.3 is 5.97 Å². The molecule has 0 amide bonds. The van der Waals surface area contributed by atoms with Crippen LogP contribution in [0, 0.1) is 17.8 Å². The van der Waals surface area contributed by atoms with E-state index in [0.29, 0.717) is 11.4 Å². The van der Waals surface area contributed by atoms with E-state index in [9.17, 15) is 18.3 Å². The second-order valence-corrected chi connectivity index (χ2v) is 13.1. The fourth-order valence-corrected chi connectivity index (χ4v) is 7.73. The number of rotatable bonds is 8. The van der Waals surface area contributed by atoms with E-state index in [1.54, 1.807) is 36.4 Å². The largest absolute Gasteiger partial charge is 0.430 e. The summed E-state index contributed by atoms with van der Waals surface area (Å²) in [5.41, 5.74) is 2.24. The monoisotopic (exact) mass is 569 g/mol. The first-order chi connectivity index (χ1) is 19.9. The van der Waals surface area contributed by atoms with Crippen LogP contribution in [-0.4, -0.2) is 25.6 Å². The molecule has 1 heterocycles. The molecule has 3 aromatic carbocycles. The van der Waals surface area contributed by atoms with Crippen LogP contribution in [0.15, 0.2) is 114 Å². The average Bonchev–Trinajstić information content (AvgIpc) is 3.81. The second kappa shape index (κ2) is 11.7. The number of sulfonamides is 1. The van der Waals surface area contributed by atoms with Gasteiger partial charge in [-0.25, -0.2) is 8.42 Å². The minimum Gasteiger partial charge on any atom is -0.430 e. The van der Waals surface area contributed by atoms with Crippen molar-refractivity contribution in [2.75, 3.05) is 4.31 Å². The van der Waals surface area contributed by atoms with Gasteiger partial charge in [0.1, 0.15) is 5.76 Å². The Kier molecular flexibility index (Phi) is 7.82. The van der Waals surface area contributed by atoms with E-state index < -0.39 is 28.0 Å². The van der Waals surface area contributed by atoms with Crippen molar-refractivity contribution in [2.24, 2.45) is 17.8 Å². The van der Waals surface area contributed by atoms with Gasteiger partial charge in [0.05, 0.1) is 29.1 Å². The number of ether oxygens (including phenoxy) is 1. The maximum atomic E-state index is 14.0. The third-order valence-corrected chi connectivity index (χ3v) is 10.3. The summed E-state index contributed by atoms with van der Waals surface area (Å²) in [5, 5.41) is 11.6. The van der Waals surface area contributed by atoms with Gasteiger partial charge in [-0.05, 0) is 79.5 Å². The quantitative estimate of drug-likeness (QED) is 0.320. The molecule has 1 saturated heterocycles. The molecule has 2 fully saturated rings. The molecule has 4 atom stereocenters. The highest BCUT2D eigenvalue weighted by Gasteiger charge is 2.50. The van der Waals surface area contributed by atoms with E-state index in [4.69, 9.17) is 4.74 Å². The molecule has 0 aromatic heterocycles. The van der Waals surface area contributed by atoms with Gasteiger partial charge in [0.2, 0.25) is 0 Å². The van der Waals surface area contributed by atoms with Crippen LogP contribution < -0.4 is 4.31 Å². The third kappa shape index (κ3) is 5.74. The Morgan fingerprint density at radius 3 is 2.39 bits per heavy atom. The Morgan fingerprint density at radius 2 is 1.66 bits per heavy atom. The Morgan fingerprint density at radius 1 is 0.927 bits per heavy atom. The molecule has 4 unspecified atom stereocenters. The van der Waals surface area contributed by atoms with Crippen molar-refractivity contribution in [3.05, 3.63) is 120 Å². The number of nitrogens with zero attached hydrogens (tertiary/aromatic N) is 1. The van der Waals surface area contributed by atoms with Crippen LogP contribution in [0.1, 0.15) is 49.1 Å². The molecule has 3 aliphatic rings. The number of allylic oxidation sites excluding steroid dienone is 3. The molecule has 1 aliphatic heterocycles. The second-order valence-electron chi connectivity index (χ2n) is 11.2. The molecule has 0 bridgehead atoms. The first-order valence-electron chi connectivity index (χ1n) is 14.4. The molecule has 212 valence electrons. The zero-order chi connectivity index (χ0) is 28.4. The van der Waals surface area contributed by atoms with Gasteiger partial charge in [0.15, 0.2) is 0 Å². The van der Waals surface area contributed by atoms with Gasteiger partial charge in [-0.15, -0.1) is 0 Å². The van der Waals surface area contributed by atoms with Crippen molar-refractivity contribution in [2.45, 2.75) is 55.6 Å². The highest BCUT2D eigenvalue weighted by atomic mass is 32.2.